The first-order chi connectivity index (χ1) is 16.6. The van der Waals surface area contributed by atoms with Gasteiger partial charge in [0.15, 0.2) is 12.4 Å². The van der Waals surface area contributed by atoms with Crippen LogP contribution in [0.15, 0.2) is 60.7 Å². The molecule has 0 amide bonds. The lowest BCUT2D eigenvalue weighted by atomic mass is 10.1. The summed E-state index contributed by atoms with van der Waals surface area (Å²) in [5.41, 5.74) is 2.23. The molecule has 0 bridgehead atoms. The number of ether oxygens (including phenoxy) is 4. The smallest absolute Gasteiger partial charge is 0.337 e. The molecule has 3 atom stereocenters. The van der Waals surface area contributed by atoms with Crippen LogP contribution in [0.25, 0.3) is 0 Å². The van der Waals surface area contributed by atoms with Crippen LogP contribution >= 0.6 is 0 Å². The van der Waals surface area contributed by atoms with Crippen molar-refractivity contribution in [2.24, 2.45) is 0 Å². The molecule has 1 heterocycles. The predicted octanol–water partition coefficient (Wildman–Crippen LogP) is 4.10. The number of esters is 2. The van der Waals surface area contributed by atoms with Crippen LogP contribution in [0.5, 0.6) is 0 Å². The van der Waals surface area contributed by atoms with Gasteiger partial charge in [-0.15, -0.1) is 0 Å². The molecule has 7 heteroatoms. The number of benzene rings is 2. The molecule has 1 fully saturated rings. The molecule has 0 spiro atoms. The molecule has 34 heavy (non-hydrogen) atoms. The third-order valence-electron chi connectivity index (χ3n) is 5.80. The Hall–Kier alpha value is -2.74. The van der Waals surface area contributed by atoms with E-state index in [0.717, 1.165) is 24.0 Å². The van der Waals surface area contributed by atoms with Gasteiger partial charge in [-0.2, -0.15) is 0 Å². The third kappa shape index (κ3) is 7.94. The van der Waals surface area contributed by atoms with Crippen LogP contribution in [-0.2, 0) is 41.6 Å². The number of rotatable bonds is 13. The van der Waals surface area contributed by atoms with E-state index < -0.39 is 24.4 Å². The molecule has 1 aliphatic heterocycles. The van der Waals surface area contributed by atoms with Gasteiger partial charge >= 0.3 is 11.9 Å². The van der Waals surface area contributed by atoms with Crippen LogP contribution in [0.1, 0.15) is 43.7 Å². The summed E-state index contributed by atoms with van der Waals surface area (Å²) in [5, 5.41) is 0. The van der Waals surface area contributed by atoms with Crippen molar-refractivity contribution in [1.29, 1.82) is 0 Å². The summed E-state index contributed by atoms with van der Waals surface area (Å²) in [6.07, 6.45) is 1.42. The molecule has 184 valence electrons. The fourth-order valence-corrected chi connectivity index (χ4v) is 3.93. The van der Waals surface area contributed by atoms with Gasteiger partial charge in [0.05, 0.1) is 20.3 Å². The average Bonchev–Trinajstić information content (AvgIpc) is 3.34. The number of carbonyl (C=O) groups is 2. The lowest BCUT2D eigenvalue weighted by Crippen LogP contribution is -2.42. The van der Waals surface area contributed by atoms with Crippen LogP contribution in [-0.4, -0.2) is 55.6 Å². The van der Waals surface area contributed by atoms with E-state index in [1.54, 1.807) is 0 Å². The van der Waals surface area contributed by atoms with Gasteiger partial charge in [-0.25, -0.2) is 4.79 Å². The van der Waals surface area contributed by atoms with Crippen molar-refractivity contribution in [3.05, 3.63) is 71.8 Å². The van der Waals surface area contributed by atoms with Gasteiger partial charge in [-0.1, -0.05) is 74.0 Å². The predicted molar refractivity (Wildman–Crippen MR) is 128 cm³/mol. The summed E-state index contributed by atoms with van der Waals surface area (Å²) in [7, 11) is 1.33. The van der Waals surface area contributed by atoms with E-state index in [1.165, 1.54) is 7.11 Å². The Bertz CT molecular complexity index is 834. The fraction of sp³-hybridized carbons (Fsp3) is 0.481. The maximum absolute atomic E-state index is 13.2. The molecule has 0 saturated carbocycles. The lowest BCUT2D eigenvalue weighted by Gasteiger charge is -2.31. The Balaban J connectivity index is 1.75. The molecule has 3 rings (SSSR count). The summed E-state index contributed by atoms with van der Waals surface area (Å²) in [6, 6.07) is 19.7. The van der Waals surface area contributed by atoms with Crippen molar-refractivity contribution in [3.63, 3.8) is 0 Å². The zero-order valence-electron chi connectivity index (χ0n) is 20.1. The second kappa shape index (κ2) is 13.8. The van der Waals surface area contributed by atoms with E-state index >= 15 is 0 Å². The second-order valence-electron chi connectivity index (χ2n) is 8.40. The number of hydrogen-bond acceptors (Lipinski definition) is 7. The van der Waals surface area contributed by atoms with Gasteiger partial charge in [-0.3, -0.25) is 9.69 Å². The van der Waals surface area contributed by atoms with Crippen LogP contribution in [0.3, 0.4) is 0 Å². The van der Waals surface area contributed by atoms with Crippen LogP contribution in [0, 0.1) is 0 Å². The first kappa shape index (κ1) is 25.9. The van der Waals surface area contributed by atoms with Gasteiger partial charge in [0.1, 0.15) is 6.04 Å². The van der Waals surface area contributed by atoms with Gasteiger partial charge in [0.2, 0.25) is 0 Å². The third-order valence-corrected chi connectivity index (χ3v) is 5.80. The van der Waals surface area contributed by atoms with Crippen molar-refractivity contribution >= 4 is 11.9 Å². The maximum Gasteiger partial charge on any atom is 0.337 e. The minimum Gasteiger partial charge on any atom is -0.467 e. The quantitative estimate of drug-likeness (QED) is 0.323. The Morgan fingerprint density at radius 1 is 1.03 bits per heavy atom. The van der Waals surface area contributed by atoms with Gasteiger partial charge in [-0.05, 0) is 24.0 Å². The number of methoxy groups -OCH3 is 1. The first-order valence-electron chi connectivity index (χ1n) is 11.9. The molecule has 2 aromatic carbocycles. The van der Waals surface area contributed by atoms with Crippen molar-refractivity contribution < 1.29 is 28.5 Å². The van der Waals surface area contributed by atoms with E-state index in [0.29, 0.717) is 32.5 Å². The van der Waals surface area contributed by atoms with Crippen LogP contribution < -0.4 is 0 Å². The molecule has 1 aliphatic rings. The minimum atomic E-state index is -0.727. The average molecular weight is 470 g/mol. The lowest BCUT2D eigenvalue weighted by molar-refractivity contribution is -0.156. The second-order valence-corrected chi connectivity index (χ2v) is 8.40. The van der Waals surface area contributed by atoms with Crippen LogP contribution in [0.2, 0.25) is 0 Å². The Kier molecular flexibility index (Phi) is 10.5. The highest BCUT2D eigenvalue weighted by Crippen LogP contribution is 2.23. The topological polar surface area (TPSA) is 74.3 Å². The fourth-order valence-electron chi connectivity index (χ4n) is 3.93. The number of hydrogen-bond donors (Lipinski definition) is 0. The molecule has 7 nitrogen and oxygen atoms in total. The Labute approximate surface area is 201 Å². The SMILES string of the molecule is CCCCOC(=O)[C@H](CCC1OC[C@@H](C(=O)OC)O1)N(Cc1ccccc1)Cc1ccccc1. The van der Waals surface area contributed by atoms with Crippen LogP contribution in [0.4, 0.5) is 0 Å². The molecule has 1 unspecified atom stereocenters. The van der Waals surface area contributed by atoms with E-state index in [-0.39, 0.29) is 12.6 Å². The highest BCUT2D eigenvalue weighted by molar-refractivity contribution is 5.76. The van der Waals surface area contributed by atoms with Crippen molar-refractivity contribution in [2.45, 2.75) is 64.1 Å². The summed E-state index contributed by atoms with van der Waals surface area (Å²) in [4.78, 5) is 27.1. The summed E-state index contributed by atoms with van der Waals surface area (Å²) in [5.74, 6) is -0.698. The summed E-state index contributed by atoms with van der Waals surface area (Å²) in [6.45, 7) is 3.81. The highest BCUT2D eigenvalue weighted by atomic mass is 16.7. The van der Waals surface area contributed by atoms with Gasteiger partial charge in [0.25, 0.3) is 0 Å². The van der Waals surface area contributed by atoms with Crippen molar-refractivity contribution in [2.75, 3.05) is 20.3 Å². The Morgan fingerprint density at radius 3 is 2.21 bits per heavy atom. The summed E-state index contributed by atoms with van der Waals surface area (Å²) < 4.78 is 21.7. The molecule has 2 aromatic rings. The minimum absolute atomic E-state index is 0.153. The zero-order valence-corrected chi connectivity index (χ0v) is 20.1. The van der Waals surface area contributed by atoms with E-state index in [1.807, 2.05) is 36.4 Å². The molecule has 0 radical (unpaired) electrons. The normalized spacial score (nSPS) is 18.6. The molecule has 0 aliphatic carbocycles. The molecular formula is C27H35NO6. The highest BCUT2D eigenvalue weighted by Gasteiger charge is 2.35. The van der Waals surface area contributed by atoms with E-state index in [9.17, 15) is 9.59 Å². The molecule has 1 saturated heterocycles. The van der Waals surface area contributed by atoms with Crippen molar-refractivity contribution in [1.82, 2.24) is 4.90 Å². The number of nitrogens with zero attached hydrogens (tertiary/aromatic N) is 1. The maximum atomic E-state index is 13.2. The number of carbonyl (C=O) groups excluding carboxylic acids is 2. The van der Waals surface area contributed by atoms with Crippen molar-refractivity contribution in [3.8, 4) is 0 Å². The standard InChI is InChI=1S/C27H35NO6/c1-3-4-17-32-26(29)23(15-16-25-33-20-24(34-25)27(30)31-2)28(18-21-11-7-5-8-12-21)19-22-13-9-6-10-14-22/h5-14,23-25H,3-4,15-20H2,1-2H3/t23-,24-,25?/m0/s1. The molecular weight excluding hydrogens is 434 g/mol. The first-order valence-corrected chi connectivity index (χ1v) is 11.9. The van der Waals surface area contributed by atoms with Gasteiger partial charge < -0.3 is 18.9 Å². The molecule has 0 aromatic heterocycles. The largest absolute Gasteiger partial charge is 0.467 e. The summed E-state index contributed by atoms with van der Waals surface area (Å²) >= 11 is 0. The van der Waals surface area contributed by atoms with E-state index in [2.05, 4.69) is 36.1 Å². The van der Waals surface area contributed by atoms with Gasteiger partial charge in [0, 0.05) is 19.5 Å². The molecule has 0 N–H and O–H groups in total. The number of unbranched alkanes of at least 4 members (excludes halogenated alkanes) is 1. The van der Waals surface area contributed by atoms with E-state index in [4.69, 9.17) is 18.9 Å². The monoisotopic (exact) mass is 469 g/mol. The Morgan fingerprint density at radius 2 is 1.65 bits per heavy atom. The zero-order chi connectivity index (χ0) is 24.2.